The smallest absolute Gasteiger partial charge is 0.413 e. The second-order valence-corrected chi connectivity index (χ2v) is 8.01. The third-order valence-electron chi connectivity index (χ3n) is 4.65. The highest BCUT2D eigenvalue weighted by molar-refractivity contribution is 7.19. The van der Waals surface area contributed by atoms with Gasteiger partial charge in [0.2, 0.25) is 5.28 Å². The van der Waals surface area contributed by atoms with Crippen LogP contribution in [0.3, 0.4) is 0 Å². The number of carboxylic acid groups (broad SMARTS) is 1. The summed E-state index contributed by atoms with van der Waals surface area (Å²) in [5.41, 5.74) is 1.49. The largest absolute Gasteiger partial charge is 0.467 e. The molecule has 29 heavy (non-hydrogen) atoms. The van der Waals surface area contributed by atoms with Gasteiger partial charge in [-0.25, -0.2) is 14.6 Å². The second-order valence-electron chi connectivity index (χ2n) is 6.56. The molecule has 0 bridgehead atoms. The monoisotopic (exact) mass is 436 g/mol. The fourth-order valence-corrected chi connectivity index (χ4v) is 4.70. The number of carbonyl (C=O) groups is 2. The minimum Gasteiger partial charge on any atom is -0.467 e. The van der Waals surface area contributed by atoms with Crippen LogP contribution < -0.4 is 10.2 Å². The number of ether oxygens (including phenoxy) is 1. The lowest BCUT2D eigenvalue weighted by Crippen LogP contribution is -2.42. The zero-order valence-corrected chi connectivity index (χ0v) is 16.9. The molecule has 1 fully saturated rings. The summed E-state index contributed by atoms with van der Waals surface area (Å²) in [5, 5.41) is 12.5. The number of carbonyl (C=O) groups excluding carboxylic acids is 1. The van der Waals surface area contributed by atoms with E-state index in [1.807, 2.05) is 6.92 Å². The van der Waals surface area contributed by atoms with Gasteiger partial charge in [-0.3, -0.25) is 4.90 Å². The molecule has 2 amide bonds. The Bertz CT molecular complexity index is 1070. The molecule has 1 aliphatic rings. The number of cyclic esters (lactones) is 1. The second kappa shape index (κ2) is 7.88. The van der Waals surface area contributed by atoms with Crippen LogP contribution in [0.1, 0.15) is 22.6 Å². The Kier molecular flexibility index (Phi) is 5.29. The summed E-state index contributed by atoms with van der Waals surface area (Å²) >= 11 is 7.51. The number of rotatable bonds is 5. The van der Waals surface area contributed by atoms with Crippen LogP contribution in [0.4, 0.5) is 15.4 Å². The third-order valence-corrected chi connectivity index (χ3v) is 6.12. The molecule has 1 saturated heterocycles. The first-order chi connectivity index (χ1) is 13.9. The molecule has 4 rings (SSSR count). The fraction of sp³-hybridized carbons (Fsp3) is 0.333. The Morgan fingerprint density at radius 2 is 2.31 bits per heavy atom. The van der Waals surface area contributed by atoms with E-state index in [4.69, 9.17) is 20.8 Å². The Morgan fingerprint density at radius 1 is 1.48 bits per heavy atom. The standard InChI is InChI=1S/C18H17ClN4O5S/c1-9-12(7-10-4-6-28-17(24)20-10)29-14-13(9)21-16(19)22-15(14)23(18(25)26)8-11-3-2-5-27-11/h2-3,5,10H,4,6-8H2,1H3,(H,20,24)(H,25,26)/t10-/m0/s1. The van der Waals surface area contributed by atoms with Crippen molar-refractivity contribution >= 4 is 51.2 Å². The van der Waals surface area contributed by atoms with Gasteiger partial charge in [-0.2, -0.15) is 4.98 Å². The first-order valence-corrected chi connectivity index (χ1v) is 10.0. The van der Waals surface area contributed by atoms with Gasteiger partial charge in [0.15, 0.2) is 5.82 Å². The molecule has 3 aromatic heterocycles. The molecule has 3 aromatic rings. The molecule has 152 valence electrons. The quantitative estimate of drug-likeness (QED) is 0.581. The van der Waals surface area contributed by atoms with Crippen molar-refractivity contribution in [3.63, 3.8) is 0 Å². The van der Waals surface area contributed by atoms with Crippen LogP contribution in [0, 0.1) is 6.92 Å². The van der Waals surface area contributed by atoms with E-state index in [2.05, 4.69) is 15.3 Å². The summed E-state index contributed by atoms with van der Waals surface area (Å²) in [6.07, 6.45) is 1.15. The zero-order valence-electron chi connectivity index (χ0n) is 15.3. The van der Waals surface area contributed by atoms with E-state index in [-0.39, 0.29) is 23.7 Å². The van der Waals surface area contributed by atoms with Crippen LogP contribution >= 0.6 is 22.9 Å². The van der Waals surface area contributed by atoms with E-state index in [0.29, 0.717) is 35.4 Å². The van der Waals surface area contributed by atoms with Crippen molar-refractivity contribution in [1.82, 2.24) is 15.3 Å². The molecule has 0 unspecified atom stereocenters. The highest BCUT2D eigenvalue weighted by Gasteiger charge is 2.26. The Morgan fingerprint density at radius 3 is 3.00 bits per heavy atom. The first-order valence-electron chi connectivity index (χ1n) is 8.84. The van der Waals surface area contributed by atoms with Crippen molar-refractivity contribution in [3.05, 3.63) is 39.9 Å². The van der Waals surface area contributed by atoms with Crippen LogP contribution in [-0.2, 0) is 17.7 Å². The number of amides is 2. The lowest BCUT2D eigenvalue weighted by molar-refractivity contribution is 0.115. The lowest BCUT2D eigenvalue weighted by atomic mass is 10.1. The SMILES string of the molecule is Cc1c(C[C@@H]2CCOC(=O)N2)sc2c(N(Cc3ccco3)C(=O)O)nc(Cl)nc12. The van der Waals surface area contributed by atoms with E-state index >= 15 is 0 Å². The molecule has 1 aliphatic heterocycles. The number of hydrogen-bond acceptors (Lipinski definition) is 7. The van der Waals surface area contributed by atoms with Gasteiger partial charge < -0.3 is 19.6 Å². The summed E-state index contributed by atoms with van der Waals surface area (Å²) in [6.45, 7) is 2.26. The summed E-state index contributed by atoms with van der Waals surface area (Å²) in [4.78, 5) is 34.0. The molecule has 4 heterocycles. The van der Waals surface area contributed by atoms with E-state index in [1.54, 1.807) is 12.1 Å². The number of hydrogen-bond donors (Lipinski definition) is 2. The summed E-state index contributed by atoms with van der Waals surface area (Å²) in [6, 6.07) is 3.32. The van der Waals surface area contributed by atoms with Crippen LogP contribution in [0.5, 0.6) is 0 Å². The number of alkyl carbamates (subject to hydrolysis) is 1. The number of nitrogens with one attached hydrogen (secondary N) is 1. The summed E-state index contributed by atoms with van der Waals surface area (Å²) in [5.74, 6) is 0.688. The topological polar surface area (TPSA) is 118 Å². The summed E-state index contributed by atoms with van der Waals surface area (Å²) < 4.78 is 10.8. The average Bonchev–Trinajstić information content (AvgIpc) is 3.28. The van der Waals surface area contributed by atoms with Gasteiger partial charge in [-0.15, -0.1) is 11.3 Å². The predicted molar refractivity (Wildman–Crippen MR) is 107 cm³/mol. The molecule has 11 heteroatoms. The Labute approximate surface area is 174 Å². The molecule has 2 N–H and O–H groups in total. The summed E-state index contributed by atoms with van der Waals surface area (Å²) in [7, 11) is 0. The van der Waals surface area contributed by atoms with Crippen LogP contribution in [0.25, 0.3) is 10.2 Å². The van der Waals surface area contributed by atoms with Gasteiger partial charge in [0, 0.05) is 23.8 Å². The number of furan rings is 1. The van der Waals surface area contributed by atoms with Gasteiger partial charge >= 0.3 is 12.2 Å². The molecular weight excluding hydrogens is 420 g/mol. The van der Waals surface area contributed by atoms with Gasteiger partial charge in [-0.1, -0.05) is 0 Å². The highest BCUT2D eigenvalue weighted by atomic mass is 35.5. The number of anilines is 1. The Hall–Kier alpha value is -2.85. The minimum absolute atomic E-state index is 0.00687. The Balaban J connectivity index is 1.73. The minimum atomic E-state index is -1.18. The van der Waals surface area contributed by atoms with E-state index < -0.39 is 12.2 Å². The molecule has 0 aliphatic carbocycles. The van der Waals surface area contributed by atoms with Crippen molar-refractivity contribution in [2.45, 2.75) is 32.4 Å². The van der Waals surface area contributed by atoms with Crippen molar-refractivity contribution in [3.8, 4) is 0 Å². The van der Waals surface area contributed by atoms with Crippen LogP contribution in [0.2, 0.25) is 5.28 Å². The van der Waals surface area contributed by atoms with Crippen molar-refractivity contribution < 1.29 is 23.8 Å². The maximum absolute atomic E-state index is 11.9. The number of aromatic nitrogens is 2. The normalized spacial score (nSPS) is 16.5. The van der Waals surface area contributed by atoms with Crippen molar-refractivity contribution in [1.29, 1.82) is 0 Å². The van der Waals surface area contributed by atoms with Gasteiger partial charge in [0.05, 0.1) is 29.6 Å². The number of halogens is 1. The third kappa shape index (κ3) is 3.99. The van der Waals surface area contributed by atoms with Gasteiger partial charge in [0.25, 0.3) is 0 Å². The van der Waals surface area contributed by atoms with Crippen LogP contribution in [-0.4, -0.2) is 39.9 Å². The molecule has 0 aromatic carbocycles. The maximum atomic E-state index is 11.9. The molecule has 0 radical (unpaired) electrons. The van der Waals surface area contributed by atoms with Crippen LogP contribution in [0.15, 0.2) is 22.8 Å². The number of thiophene rings is 1. The number of aryl methyl sites for hydroxylation is 1. The van der Waals surface area contributed by atoms with Crippen molar-refractivity contribution in [2.24, 2.45) is 0 Å². The van der Waals surface area contributed by atoms with Crippen molar-refractivity contribution in [2.75, 3.05) is 11.5 Å². The lowest BCUT2D eigenvalue weighted by Gasteiger charge is -2.23. The molecule has 1 atom stereocenters. The van der Waals surface area contributed by atoms with Gasteiger partial charge in [0.1, 0.15) is 5.76 Å². The zero-order chi connectivity index (χ0) is 20.5. The van der Waals surface area contributed by atoms with E-state index in [9.17, 15) is 14.7 Å². The van der Waals surface area contributed by atoms with E-state index in [1.165, 1.54) is 17.6 Å². The average molecular weight is 437 g/mol. The number of nitrogens with zero attached hydrogens (tertiary/aromatic N) is 3. The first kappa shape index (κ1) is 19.5. The van der Waals surface area contributed by atoms with Gasteiger partial charge in [-0.05, 0) is 36.2 Å². The number of fused-ring (bicyclic) bond motifs is 1. The molecular formula is C18H17ClN4O5S. The predicted octanol–water partition coefficient (Wildman–Crippen LogP) is 3.97. The maximum Gasteiger partial charge on any atom is 0.413 e. The molecule has 9 nitrogen and oxygen atoms in total. The molecule has 0 spiro atoms. The molecule has 0 saturated carbocycles. The van der Waals surface area contributed by atoms with E-state index in [0.717, 1.165) is 15.3 Å². The highest BCUT2D eigenvalue weighted by Crippen LogP contribution is 2.37. The fourth-order valence-electron chi connectivity index (χ4n) is 3.21.